The van der Waals surface area contributed by atoms with Crippen LogP contribution in [0.2, 0.25) is 0 Å². The Bertz CT molecular complexity index is 2840. The number of anilines is 9. The highest BCUT2D eigenvalue weighted by Gasteiger charge is 2.17. The van der Waals surface area contributed by atoms with E-state index in [2.05, 4.69) is 290 Å². The summed E-state index contributed by atoms with van der Waals surface area (Å²) in [5.41, 5.74) is 20.6. The van der Waals surface area contributed by atoms with E-state index in [1.165, 1.54) is 16.7 Å². The van der Waals surface area contributed by atoms with E-state index >= 15 is 0 Å². The highest BCUT2D eigenvalue weighted by molar-refractivity contribution is 5.86. The number of aryl methyl sites for hydroxylation is 3. The van der Waals surface area contributed by atoms with Gasteiger partial charge in [0.25, 0.3) is 0 Å². The molecule has 326 valence electrons. The van der Waals surface area contributed by atoms with Crippen LogP contribution in [0.3, 0.4) is 0 Å². The maximum absolute atomic E-state index is 2.34. The van der Waals surface area contributed by atoms with Crippen LogP contribution in [0.5, 0.6) is 0 Å². The molecule has 0 unspecified atom stereocenters. The minimum absolute atomic E-state index is 0. The smallest absolute Gasteiger partial charge is 0.0464 e. The normalized spacial score (nSPS) is 10.8. The summed E-state index contributed by atoms with van der Waals surface area (Å²) in [5.74, 6) is 0. The molecular weight excluding hydrogens is 811 g/mol. The molecule has 10 aromatic rings. The lowest BCUT2D eigenvalue weighted by molar-refractivity contribution is 1.27. The third kappa shape index (κ3) is 9.68. The van der Waals surface area contributed by atoms with Crippen LogP contribution >= 0.6 is 0 Å². The molecule has 0 heterocycles. The second-order valence-electron chi connectivity index (χ2n) is 17.0. The van der Waals surface area contributed by atoms with E-state index < -0.39 is 0 Å². The molecule has 0 aromatic heterocycles. The molecule has 0 amide bonds. The van der Waals surface area contributed by atoms with E-state index in [1.54, 1.807) is 0 Å². The van der Waals surface area contributed by atoms with Crippen LogP contribution in [-0.4, -0.2) is 0 Å². The molecule has 0 aliphatic carbocycles. The molecule has 0 radical (unpaired) electrons. The van der Waals surface area contributed by atoms with Gasteiger partial charge in [-0.15, -0.1) is 0 Å². The Morgan fingerprint density at radius 3 is 0.657 bits per heavy atom. The van der Waals surface area contributed by atoms with Gasteiger partial charge in [-0.25, -0.2) is 0 Å². The zero-order valence-corrected chi connectivity index (χ0v) is 37.6. The lowest BCUT2D eigenvalue weighted by Gasteiger charge is -2.26. The Balaban J connectivity index is 0.00000562. The summed E-state index contributed by atoms with van der Waals surface area (Å²) in [7, 11) is 0. The molecule has 0 spiro atoms. The first-order valence-electron chi connectivity index (χ1n) is 22.7. The van der Waals surface area contributed by atoms with Crippen LogP contribution in [0, 0.1) is 20.8 Å². The van der Waals surface area contributed by atoms with Crippen LogP contribution in [-0.2, 0) is 0 Å². The van der Waals surface area contributed by atoms with Crippen molar-refractivity contribution in [2.75, 3.05) is 14.7 Å². The molecule has 67 heavy (non-hydrogen) atoms. The molecule has 3 heteroatoms. The van der Waals surface area contributed by atoms with Gasteiger partial charge in [0.05, 0.1) is 0 Å². The van der Waals surface area contributed by atoms with Gasteiger partial charge < -0.3 is 14.7 Å². The second-order valence-corrected chi connectivity index (χ2v) is 17.0. The fourth-order valence-corrected chi connectivity index (χ4v) is 8.91. The second kappa shape index (κ2) is 19.8. The summed E-state index contributed by atoms with van der Waals surface area (Å²) in [6, 6.07) is 91.9. The monoisotopic (exact) mass is 865 g/mol. The van der Waals surface area contributed by atoms with Crippen LogP contribution in [0.1, 0.15) is 24.1 Å². The lowest BCUT2D eigenvalue weighted by atomic mass is 9.93. The third-order valence-corrected chi connectivity index (χ3v) is 12.1. The van der Waals surface area contributed by atoms with Gasteiger partial charge in [0, 0.05) is 51.2 Å². The fourth-order valence-electron chi connectivity index (χ4n) is 8.91. The third-order valence-electron chi connectivity index (χ3n) is 12.1. The topological polar surface area (TPSA) is 9.72 Å². The first-order chi connectivity index (χ1) is 32.4. The van der Waals surface area contributed by atoms with Gasteiger partial charge in [-0.3, -0.25) is 0 Å². The summed E-state index contributed by atoms with van der Waals surface area (Å²) in [6.45, 7) is 6.44. The molecule has 3 nitrogen and oxygen atoms in total. The van der Waals surface area contributed by atoms with Crippen molar-refractivity contribution in [3.05, 3.63) is 271 Å². The van der Waals surface area contributed by atoms with Crippen LogP contribution < -0.4 is 14.7 Å². The number of benzene rings is 10. The van der Waals surface area contributed by atoms with E-state index in [9.17, 15) is 0 Å². The van der Waals surface area contributed by atoms with E-state index in [0.717, 1.165) is 84.6 Å². The maximum atomic E-state index is 2.34. The Hall–Kier alpha value is -8.40. The standard InChI is InChI=1S/C63H51N3.CH4/c1-46-16-13-25-61(40-46)64(55-19-7-4-8-20-55)58-34-28-49(29-35-58)52-43-53(50-30-36-59(37-31-50)65(56-21-9-5-10-22-56)62-26-14-17-47(2)41-62)45-54(44-52)51-32-38-60(39-33-51)66(57-23-11-6-12-24-57)63-27-15-18-48(3)42-63;/h4-45H,1-3H3;1H4. The Morgan fingerprint density at radius 1 is 0.194 bits per heavy atom. The number of para-hydroxylation sites is 3. The van der Waals surface area contributed by atoms with Crippen molar-refractivity contribution in [2.45, 2.75) is 28.2 Å². The molecule has 0 saturated heterocycles. The number of hydrogen-bond donors (Lipinski definition) is 0. The van der Waals surface area contributed by atoms with Gasteiger partial charge in [-0.1, -0.05) is 135 Å². The van der Waals surface area contributed by atoms with Crippen molar-refractivity contribution in [3.63, 3.8) is 0 Å². The zero-order chi connectivity index (χ0) is 44.8. The van der Waals surface area contributed by atoms with Crippen LogP contribution in [0.4, 0.5) is 51.2 Å². The van der Waals surface area contributed by atoms with Gasteiger partial charge >= 0.3 is 0 Å². The highest BCUT2D eigenvalue weighted by Crippen LogP contribution is 2.41. The average molecular weight is 866 g/mol. The predicted molar refractivity (Wildman–Crippen MR) is 288 cm³/mol. The summed E-state index contributed by atoms with van der Waals surface area (Å²) < 4.78 is 0. The van der Waals surface area contributed by atoms with Crippen molar-refractivity contribution in [3.8, 4) is 33.4 Å². The first kappa shape index (κ1) is 43.8. The van der Waals surface area contributed by atoms with Gasteiger partial charge in [0.15, 0.2) is 0 Å². The van der Waals surface area contributed by atoms with Gasteiger partial charge in [0.2, 0.25) is 0 Å². The highest BCUT2D eigenvalue weighted by atomic mass is 15.2. The molecule has 0 N–H and O–H groups in total. The maximum Gasteiger partial charge on any atom is 0.0464 e. The van der Waals surface area contributed by atoms with Crippen molar-refractivity contribution < 1.29 is 0 Å². The molecule has 0 atom stereocenters. The molecule has 10 aromatic carbocycles. The number of rotatable bonds is 12. The summed E-state index contributed by atoms with van der Waals surface area (Å²) in [4.78, 5) is 6.98. The molecule has 0 saturated carbocycles. The Morgan fingerprint density at radius 2 is 0.418 bits per heavy atom. The Labute approximate surface area is 397 Å². The minimum Gasteiger partial charge on any atom is -0.310 e. The predicted octanol–water partition coefficient (Wildman–Crippen LogP) is 18.7. The van der Waals surface area contributed by atoms with Crippen molar-refractivity contribution >= 4 is 51.2 Å². The SMILES string of the molecule is C.Cc1cccc(N(c2ccccc2)c2ccc(-c3cc(-c4ccc(N(c5ccccc5)c5cccc(C)c5)cc4)cc(-c4ccc(N(c5ccccc5)c5cccc(C)c5)cc4)c3)cc2)c1. The van der Waals surface area contributed by atoms with Gasteiger partial charge in [-0.2, -0.15) is 0 Å². The average Bonchev–Trinajstić information content (AvgIpc) is 3.36. The quantitative estimate of drug-likeness (QED) is 0.121. The molecule has 10 rings (SSSR count). The van der Waals surface area contributed by atoms with Crippen LogP contribution in [0.25, 0.3) is 33.4 Å². The van der Waals surface area contributed by atoms with Crippen molar-refractivity contribution in [1.82, 2.24) is 0 Å². The molecule has 0 aliphatic heterocycles. The molecule has 0 aliphatic rings. The molecule has 0 bridgehead atoms. The first-order valence-corrected chi connectivity index (χ1v) is 22.7. The Kier molecular flexibility index (Phi) is 12.9. The van der Waals surface area contributed by atoms with Crippen molar-refractivity contribution in [2.24, 2.45) is 0 Å². The van der Waals surface area contributed by atoms with Gasteiger partial charge in [0.1, 0.15) is 0 Å². The van der Waals surface area contributed by atoms with E-state index in [0.29, 0.717) is 0 Å². The summed E-state index contributed by atoms with van der Waals surface area (Å²) in [5, 5.41) is 0. The summed E-state index contributed by atoms with van der Waals surface area (Å²) in [6.07, 6.45) is 0. The van der Waals surface area contributed by atoms with E-state index in [4.69, 9.17) is 0 Å². The summed E-state index contributed by atoms with van der Waals surface area (Å²) >= 11 is 0. The molecule has 0 fully saturated rings. The molecular formula is C64H55N3. The fraction of sp³-hybridized carbons (Fsp3) is 0.0625. The largest absolute Gasteiger partial charge is 0.310 e. The van der Waals surface area contributed by atoms with Crippen molar-refractivity contribution in [1.29, 1.82) is 0 Å². The lowest BCUT2D eigenvalue weighted by Crippen LogP contribution is -2.10. The van der Waals surface area contributed by atoms with E-state index in [-0.39, 0.29) is 7.43 Å². The van der Waals surface area contributed by atoms with E-state index in [1.807, 2.05) is 0 Å². The minimum atomic E-state index is 0. The zero-order valence-electron chi connectivity index (χ0n) is 37.6. The number of nitrogens with zero attached hydrogens (tertiary/aromatic N) is 3. The van der Waals surface area contributed by atoms with Crippen LogP contribution in [0.15, 0.2) is 255 Å². The van der Waals surface area contributed by atoms with Gasteiger partial charge in [-0.05, 0) is 198 Å². The number of hydrogen-bond acceptors (Lipinski definition) is 3.